The SMILES string of the molecule is O=C(COc1ccc2ccccc2c1)N1CCN2[C@@H](COC[C@@H]2C2CC2)C1. The van der Waals surface area contributed by atoms with Gasteiger partial charge in [-0.25, -0.2) is 0 Å². The Labute approximate surface area is 159 Å². The molecule has 2 heterocycles. The van der Waals surface area contributed by atoms with Crippen molar-refractivity contribution in [3.63, 3.8) is 0 Å². The number of ether oxygens (including phenoxy) is 2. The molecule has 0 bridgehead atoms. The molecule has 1 saturated carbocycles. The lowest BCUT2D eigenvalue weighted by Crippen LogP contribution is -2.63. The monoisotopic (exact) mass is 366 g/mol. The molecule has 0 unspecified atom stereocenters. The summed E-state index contributed by atoms with van der Waals surface area (Å²) in [6.45, 7) is 4.19. The van der Waals surface area contributed by atoms with E-state index >= 15 is 0 Å². The molecule has 5 nitrogen and oxygen atoms in total. The molecule has 2 atom stereocenters. The molecule has 3 aliphatic rings. The van der Waals surface area contributed by atoms with Crippen LogP contribution in [0.25, 0.3) is 10.8 Å². The van der Waals surface area contributed by atoms with Crippen molar-refractivity contribution in [2.45, 2.75) is 24.9 Å². The molecular weight excluding hydrogens is 340 g/mol. The zero-order valence-electron chi connectivity index (χ0n) is 15.5. The summed E-state index contributed by atoms with van der Waals surface area (Å²) in [5.41, 5.74) is 0. The summed E-state index contributed by atoms with van der Waals surface area (Å²) in [5, 5.41) is 2.30. The van der Waals surface area contributed by atoms with Crippen molar-refractivity contribution in [2.75, 3.05) is 39.5 Å². The lowest BCUT2D eigenvalue weighted by molar-refractivity contribution is -0.142. The normalized spacial score (nSPS) is 26.0. The van der Waals surface area contributed by atoms with Gasteiger partial charge in [-0.1, -0.05) is 30.3 Å². The third kappa shape index (κ3) is 3.54. The molecule has 2 aromatic carbocycles. The van der Waals surface area contributed by atoms with Crippen molar-refractivity contribution in [2.24, 2.45) is 5.92 Å². The fourth-order valence-corrected chi connectivity index (χ4v) is 4.48. The fourth-order valence-electron chi connectivity index (χ4n) is 4.48. The van der Waals surface area contributed by atoms with Gasteiger partial charge in [0.15, 0.2) is 6.61 Å². The van der Waals surface area contributed by atoms with Crippen molar-refractivity contribution in [3.05, 3.63) is 42.5 Å². The van der Waals surface area contributed by atoms with Gasteiger partial charge in [-0.05, 0) is 41.7 Å². The summed E-state index contributed by atoms with van der Waals surface area (Å²) in [5.74, 6) is 1.62. The number of carbonyl (C=O) groups excluding carboxylic acids is 1. The largest absolute Gasteiger partial charge is 0.484 e. The highest BCUT2D eigenvalue weighted by molar-refractivity contribution is 5.84. The predicted octanol–water partition coefficient (Wildman–Crippen LogP) is 2.54. The zero-order valence-corrected chi connectivity index (χ0v) is 15.5. The van der Waals surface area contributed by atoms with Crippen LogP contribution in [0.4, 0.5) is 0 Å². The Morgan fingerprint density at radius 2 is 1.93 bits per heavy atom. The average molecular weight is 366 g/mol. The molecular formula is C22H26N2O3. The smallest absolute Gasteiger partial charge is 0.260 e. The van der Waals surface area contributed by atoms with Gasteiger partial charge >= 0.3 is 0 Å². The molecule has 5 rings (SSSR count). The Bertz CT molecular complexity index is 835. The Morgan fingerprint density at radius 1 is 1.07 bits per heavy atom. The van der Waals surface area contributed by atoms with E-state index in [4.69, 9.17) is 9.47 Å². The lowest BCUT2D eigenvalue weighted by Gasteiger charge is -2.48. The second-order valence-corrected chi connectivity index (χ2v) is 7.97. The van der Waals surface area contributed by atoms with Gasteiger partial charge in [-0.15, -0.1) is 0 Å². The van der Waals surface area contributed by atoms with Gasteiger partial charge in [0.2, 0.25) is 0 Å². The first-order chi connectivity index (χ1) is 13.3. The highest BCUT2D eigenvalue weighted by Crippen LogP contribution is 2.38. The quantitative estimate of drug-likeness (QED) is 0.834. The first-order valence-corrected chi connectivity index (χ1v) is 10.0. The van der Waals surface area contributed by atoms with Crippen LogP contribution in [0.1, 0.15) is 12.8 Å². The van der Waals surface area contributed by atoms with Crippen molar-refractivity contribution >= 4 is 16.7 Å². The molecule has 0 spiro atoms. The fraction of sp³-hybridized carbons (Fsp3) is 0.500. The number of hydrogen-bond acceptors (Lipinski definition) is 4. The second-order valence-electron chi connectivity index (χ2n) is 7.97. The molecule has 1 amide bonds. The minimum Gasteiger partial charge on any atom is -0.484 e. The van der Waals surface area contributed by atoms with Crippen LogP contribution in [0.2, 0.25) is 0 Å². The zero-order chi connectivity index (χ0) is 18.2. The van der Waals surface area contributed by atoms with E-state index in [0.29, 0.717) is 12.1 Å². The highest BCUT2D eigenvalue weighted by Gasteiger charge is 2.43. The second kappa shape index (κ2) is 7.13. The number of benzene rings is 2. The van der Waals surface area contributed by atoms with Crippen LogP contribution in [0.3, 0.4) is 0 Å². The van der Waals surface area contributed by atoms with Gasteiger partial charge in [-0.3, -0.25) is 9.69 Å². The minimum atomic E-state index is 0.0661. The maximum Gasteiger partial charge on any atom is 0.260 e. The molecule has 5 heteroatoms. The van der Waals surface area contributed by atoms with Crippen LogP contribution in [-0.4, -0.2) is 67.2 Å². The maximum absolute atomic E-state index is 12.7. The number of fused-ring (bicyclic) bond motifs is 2. The maximum atomic E-state index is 12.7. The standard InChI is InChI=1S/C22H26N2O3/c25-22(15-27-20-8-7-16-3-1-2-4-18(16)11-20)23-9-10-24-19(12-23)13-26-14-21(24)17-5-6-17/h1-4,7-8,11,17,19,21H,5-6,9-10,12-15H2/t19-,21-/m1/s1. The molecule has 0 radical (unpaired) electrons. The minimum absolute atomic E-state index is 0.0661. The molecule has 0 N–H and O–H groups in total. The number of piperazine rings is 1. The summed E-state index contributed by atoms with van der Waals surface area (Å²) < 4.78 is 11.6. The third-order valence-electron chi connectivity index (χ3n) is 6.16. The van der Waals surface area contributed by atoms with Gasteiger partial charge in [0, 0.05) is 25.7 Å². The Kier molecular flexibility index (Phi) is 4.50. The number of hydrogen-bond donors (Lipinski definition) is 0. The van der Waals surface area contributed by atoms with Crippen LogP contribution < -0.4 is 4.74 Å². The van der Waals surface area contributed by atoms with Crippen molar-refractivity contribution < 1.29 is 14.3 Å². The molecule has 3 fully saturated rings. The molecule has 27 heavy (non-hydrogen) atoms. The van der Waals surface area contributed by atoms with Gasteiger partial charge in [0.1, 0.15) is 5.75 Å². The van der Waals surface area contributed by atoms with E-state index in [0.717, 1.165) is 49.9 Å². The molecule has 2 saturated heterocycles. The van der Waals surface area contributed by atoms with E-state index < -0.39 is 0 Å². The van der Waals surface area contributed by atoms with Gasteiger partial charge in [-0.2, -0.15) is 0 Å². The van der Waals surface area contributed by atoms with Crippen molar-refractivity contribution in [1.29, 1.82) is 0 Å². The van der Waals surface area contributed by atoms with Gasteiger partial charge < -0.3 is 14.4 Å². The summed E-state index contributed by atoms with van der Waals surface area (Å²) >= 11 is 0. The van der Waals surface area contributed by atoms with Gasteiger partial charge in [0.25, 0.3) is 5.91 Å². The van der Waals surface area contributed by atoms with E-state index in [1.807, 2.05) is 35.2 Å². The third-order valence-corrected chi connectivity index (χ3v) is 6.16. The number of morpholine rings is 1. The topological polar surface area (TPSA) is 42.0 Å². The molecule has 1 aliphatic carbocycles. The number of carbonyl (C=O) groups is 1. The van der Waals surface area contributed by atoms with Crippen LogP contribution >= 0.6 is 0 Å². The Hall–Kier alpha value is -2.11. The number of nitrogens with zero attached hydrogens (tertiary/aromatic N) is 2. The van der Waals surface area contributed by atoms with Crippen molar-refractivity contribution in [1.82, 2.24) is 9.80 Å². The lowest BCUT2D eigenvalue weighted by atomic mass is 10.0. The molecule has 142 valence electrons. The molecule has 2 aromatic rings. The number of amides is 1. The summed E-state index contributed by atoms with van der Waals surface area (Å²) in [7, 11) is 0. The highest BCUT2D eigenvalue weighted by atomic mass is 16.5. The first-order valence-electron chi connectivity index (χ1n) is 10.0. The van der Waals surface area contributed by atoms with E-state index in [9.17, 15) is 4.79 Å². The van der Waals surface area contributed by atoms with E-state index in [1.165, 1.54) is 18.2 Å². The average Bonchev–Trinajstić information content (AvgIpc) is 3.56. The van der Waals surface area contributed by atoms with Crippen LogP contribution in [0.15, 0.2) is 42.5 Å². The summed E-state index contributed by atoms with van der Waals surface area (Å²) in [6.07, 6.45) is 2.67. The molecule has 2 aliphatic heterocycles. The van der Waals surface area contributed by atoms with E-state index in [-0.39, 0.29) is 12.5 Å². The van der Waals surface area contributed by atoms with Crippen LogP contribution in [-0.2, 0) is 9.53 Å². The Balaban J connectivity index is 1.19. The van der Waals surface area contributed by atoms with E-state index in [2.05, 4.69) is 17.0 Å². The molecule has 0 aromatic heterocycles. The van der Waals surface area contributed by atoms with Crippen LogP contribution in [0, 0.1) is 5.92 Å². The van der Waals surface area contributed by atoms with Crippen molar-refractivity contribution in [3.8, 4) is 5.75 Å². The first kappa shape index (κ1) is 17.0. The summed E-state index contributed by atoms with van der Waals surface area (Å²) in [4.78, 5) is 17.2. The van der Waals surface area contributed by atoms with Crippen LogP contribution in [0.5, 0.6) is 5.75 Å². The predicted molar refractivity (Wildman–Crippen MR) is 104 cm³/mol. The summed E-state index contributed by atoms with van der Waals surface area (Å²) in [6, 6.07) is 15.0. The van der Waals surface area contributed by atoms with E-state index in [1.54, 1.807) is 0 Å². The van der Waals surface area contributed by atoms with Gasteiger partial charge in [0.05, 0.1) is 19.3 Å². The Morgan fingerprint density at radius 3 is 2.78 bits per heavy atom. The number of rotatable bonds is 4.